The van der Waals surface area contributed by atoms with Gasteiger partial charge in [-0.3, -0.25) is 9.59 Å². The molecule has 1 saturated carbocycles. The van der Waals surface area contributed by atoms with E-state index in [9.17, 15) is 9.59 Å². The van der Waals surface area contributed by atoms with Gasteiger partial charge in [0.2, 0.25) is 11.8 Å². The molecule has 1 atom stereocenters. The van der Waals surface area contributed by atoms with E-state index >= 15 is 0 Å². The number of carbonyl (C=O) groups is 2. The van der Waals surface area contributed by atoms with E-state index in [2.05, 4.69) is 5.32 Å². The minimum Gasteiger partial charge on any atom is -0.497 e. The van der Waals surface area contributed by atoms with Crippen molar-refractivity contribution in [1.29, 1.82) is 0 Å². The summed E-state index contributed by atoms with van der Waals surface area (Å²) < 4.78 is 5.33. The molecule has 0 bridgehead atoms. The highest BCUT2D eigenvalue weighted by molar-refractivity contribution is 6.35. The largest absolute Gasteiger partial charge is 0.497 e. The maximum absolute atomic E-state index is 13.5. The number of hydrogen-bond donors (Lipinski definition) is 1. The van der Waals surface area contributed by atoms with Crippen molar-refractivity contribution >= 4 is 35.0 Å². The van der Waals surface area contributed by atoms with Crippen molar-refractivity contribution in [2.45, 2.75) is 64.1 Å². The molecule has 2 aromatic carbocycles. The highest BCUT2D eigenvalue weighted by Crippen LogP contribution is 2.24. The van der Waals surface area contributed by atoms with Gasteiger partial charge in [-0.05, 0) is 54.7 Å². The maximum atomic E-state index is 13.5. The zero-order chi connectivity index (χ0) is 23.1. The predicted molar refractivity (Wildman–Crippen MR) is 128 cm³/mol. The van der Waals surface area contributed by atoms with Crippen LogP contribution in [0.2, 0.25) is 10.0 Å². The van der Waals surface area contributed by atoms with Crippen LogP contribution >= 0.6 is 23.2 Å². The van der Waals surface area contributed by atoms with Gasteiger partial charge in [0.25, 0.3) is 0 Å². The van der Waals surface area contributed by atoms with Gasteiger partial charge in [-0.2, -0.15) is 0 Å². The summed E-state index contributed by atoms with van der Waals surface area (Å²) >= 11 is 12.3. The van der Waals surface area contributed by atoms with Crippen LogP contribution in [-0.4, -0.2) is 35.9 Å². The van der Waals surface area contributed by atoms with Crippen molar-refractivity contribution in [3.8, 4) is 5.75 Å². The highest BCUT2D eigenvalue weighted by Gasteiger charge is 2.31. The summed E-state index contributed by atoms with van der Waals surface area (Å²) in [5.74, 6) is 0.447. The molecule has 2 amide bonds. The van der Waals surface area contributed by atoms with E-state index in [1.807, 2.05) is 31.2 Å². The number of carbonyl (C=O) groups excluding carboxylic acids is 2. The van der Waals surface area contributed by atoms with Crippen LogP contribution in [0.1, 0.15) is 50.2 Å². The second kappa shape index (κ2) is 11.6. The predicted octanol–water partition coefficient (Wildman–Crippen LogP) is 5.41. The van der Waals surface area contributed by atoms with Gasteiger partial charge in [0, 0.05) is 22.6 Å². The summed E-state index contributed by atoms with van der Waals surface area (Å²) in [5.41, 5.74) is 1.58. The van der Waals surface area contributed by atoms with E-state index in [0.717, 1.165) is 31.2 Å². The maximum Gasteiger partial charge on any atom is 0.243 e. The minimum absolute atomic E-state index is 0.0905. The van der Waals surface area contributed by atoms with Gasteiger partial charge in [-0.1, -0.05) is 61.2 Å². The number of methoxy groups -OCH3 is 1. The van der Waals surface area contributed by atoms with Crippen LogP contribution < -0.4 is 10.1 Å². The number of amides is 2. The zero-order valence-corrected chi connectivity index (χ0v) is 20.1. The number of rotatable bonds is 9. The Balaban J connectivity index is 1.85. The average Bonchev–Trinajstić information content (AvgIpc) is 3.28. The first-order chi connectivity index (χ1) is 15.4. The van der Waals surface area contributed by atoms with Crippen LogP contribution in [0.25, 0.3) is 0 Å². The van der Waals surface area contributed by atoms with E-state index in [4.69, 9.17) is 27.9 Å². The molecular weight excluding hydrogens is 447 g/mol. The lowest BCUT2D eigenvalue weighted by molar-refractivity contribution is -0.141. The lowest BCUT2D eigenvalue weighted by Crippen LogP contribution is -2.51. The zero-order valence-electron chi connectivity index (χ0n) is 18.6. The van der Waals surface area contributed by atoms with Gasteiger partial charge < -0.3 is 15.0 Å². The van der Waals surface area contributed by atoms with Gasteiger partial charge in [0.05, 0.1) is 13.5 Å². The van der Waals surface area contributed by atoms with Gasteiger partial charge in [0.1, 0.15) is 11.8 Å². The van der Waals surface area contributed by atoms with Crippen molar-refractivity contribution < 1.29 is 14.3 Å². The van der Waals surface area contributed by atoms with E-state index in [0.29, 0.717) is 34.3 Å². The number of benzene rings is 2. The van der Waals surface area contributed by atoms with Crippen LogP contribution in [-0.2, 0) is 22.6 Å². The molecule has 2 aromatic rings. The molecule has 0 heterocycles. The van der Waals surface area contributed by atoms with E-state index in [1.54, 1.807) is 30.2 Å². The molecular formula is C25H30Cl2N2O3. The van der Waals surface area contributed by atoms with Crippen molar-refractivity contribution in [2.75, 3.05) is 7.11 Å². The lowest BCUT2D eigenvalue weighted by Gasteiger charge is -2.32. The Kier molecular flexibility index (Phi) is 8.83. The fraction of sp³-hybridized carbons (Fsp3) is 0.440. The number of ether oxygens (including phenoxy) is 1. The monoisotopic (exact) mass is 476 g/mol. The second-order valence-corrected chi connectivity index (χ2v) is 9.04. The molecule has 1 fully saturated rings. The molecule has 32 heavy (non-hydrogen) atoms. The van der Waals surface area contributed by atoms with Crippen molar-refractivity contribution in [2.24, 2.45) is 0 Å². The Morgan fingerprint density at radius 1 is 1.16 bits per heavy atom. The molecule has 0 spiro atoms. The summed E-state index contributed by atoms with van der Waals surface area (Å²) in [4.78, 5) is 28.3. The molecule has 0 aromatic heterocycles. The number of nitrogens with one attached hydrogen (secondary N) is 1. The van der Waals surface area contributed by atoms with Crippen LogP contribution in [0, 0.1) is 0 Å². The summed E-state index contributed by atoms with van der Waals surface area (Å²) in [5, 5.41) is 4.11. The van der Waals surface area contributed by atoms with Gasteiger partial charge in [0.15, 0.2) is 0 Å². The third-order valence-electron chi connectivity index (χ3n) is 5.93. The average molecular weight is 477 g/mol. The molecule has 0 radical (unpaired) electrons. The normalized spacial score (nSPS) is 14.8. The van der Waals surface area contributed by atoms with Gasteiger partial charge >= 0.3 is 0 Å². The first-order valence-electron chi connectivity index (χ1n) is 11.1. The van der Waals surface area contributed by atoms with Crippen molar-refractivity contribution in [3.05, 3.63) is 63.6 Å². The molecule has 0 saturated heterocycles. The lowest BCUT2D eigenvalue weighted by atomic mass is 10.1. The molecule has 7 heteroatoms. The summed E-state index contributed by atoms with van der Waals surface area (Å²) in [6, 6.07) is 12.3. The summed E-state index contributed by atoms with van der Waals surface area (Å²) in [6.45, 7) is 2.23. The standard InChI is InChI=1S/C25H30Cl2N2O3/c1-3-23(25(31)28-20-8-4-5-9-20)29(16-17-7-6-10-21(13-17)32-2)24(30)14-18-11-12-19(26)15-22(18)27/h6-7,10-13,15,20,23H,3-5,8-9,14,16H2,1-2H3,(H,28,31)/t23-/m0/s1. The number of nitrogens with zero attached hydrogens (tertiary/aromatic N) is 1. The van der Waals surface area contributed by atoms with Crippen molar-refractivity contribution in [1.82, 2.24) is 10.2 Å². The quantitative estimate of drug-likeness (QED) is 0.526. The fourth-order valence-corrected chi connectivity index (χ4v) is 4.66. The molecule has 5 nitrogen and oxygen atoms in total. The molecule has 1 aliphatic rings. The second-order valence-electron chi connectivity index (χ2n) is 8.20. The Morgan fingerprint density at radius 2 is 1.91 bits per heavy atom. The molecule has 1 N–H and O–H groups in total. The topological polar surface area (TPSA) is 58.6 Å². The SMILES string of the molecule is CC[C@@H](C(=O)NC1CCCC1)N(Cc1cccc(OC)c1)C(=O)Cc1ccc(Cl)cc1Cl. The Morgan fingerprint density at radius 3 is 2.56 bits per heavy atom. The Bertz CT molecular complexity index is 945. The Labute approximate surface area is 200 Å². The summed E-state index contributed by atoms with van der Waals surface area (Å²) in [7, 11) is 1.61. The van der Waals surface area contributed by atoms with Gasteiger partial charge in [-0.25, -0.2) is 0 Å². The van der Waals surface area contributed by atoms with Crippen LogP contribution in [0.4, 0.5) is 0 Å². The first-order valence-corrected chi connectivity index (χ1v) is 11.8. The number of hydrogen-bond acceptors (Lipinski definition) is 3. The van der Waals surface area contributed by atoms with E-state index in [1.165, 1.54) is 0 Å². The van der Waals surface area contributed by atoms with Crippen molar-refractivity contribution in [3.63, 3.8) is 0 Å². The van der Waals surface area contributed by atoms with Crippen LogP contribution in [0.3, 0.4) is 0 Å². The van der Waals surface area contributed by atoms with E-state index in [-0.39, 0.29) is 24.3 Å². The number of halogens is 2. The molecule has 3 rings (SSSR count). The minimum atomic E-state index is -0.569. The third kappa shape index (κ3) is 6.39. The van der Waals surface area contributed by atoms with E-state index < -0.39 is 6.04 Å². The highest BCUT2D eigenvalue weighted by atomic mass is 35.5. The van der Waals surface area contributed by atoms with Crippen LogP contribution in [0.15, 0.2) is 42.5 Å². The third-order valence-corrected chi connectivity index (χ3v) is 6.52. The molecule has 0 unspecified atom stereocenters. The fourth-order valence-electron chi connectivity index (χ4n) is 4.18. The first kappa shape index (κ1) is 24.4. The van der Waals surface area contributed by atoms with Crippen LogP contribution in [0.5, 0.6) is 5.75 Å². The molecule has 172 valence electrons. The molecule has 0 aliphatic heterocycles. The molecule has 1 aliphatic carbocycles. The summed E-state index contributed by atoms with van der Waals surface area (Å²) in [6.07, 6.45) is 4.85. The van der Waals surface area contributed by atoms with Gasteiger partial charge in [-0.15, -0.1) is 0 Å². The Hall–Kier alpha value is -2.24. The smallest absolute Gasteiger partial charge is 0.243 e.